The second-order valence-corrected chi connectivity index (χ2v) is 19.0. The predicted molar refractivity (Wildman–Crippen MR) is 219 cm³/mol. The lowest BCUT2D eigenvalue weighted by molar-refractivity contribution is -0.146. The largest absolute Gasteiger partial charge is 0.379 e. The maximum Gasteiger partial charge on any atom is 0.245 e. The maximum atomic E-state index is 14.4. The predicted octanol–water partition coefficient (Wildman–Crippen LogP) is 5.88. The number of thioether (sulfide) groups is 1. The number of amides is 4. The molecule has 302 valence electrons. The summed E-state index contributed by atoms with van der Waals surface area (Å²) in [5.41, 5.74) is 1.18. The van der Waals surface area contributed by atoms with E-state index in [-0.39, 0.29) is 75.8 Å². The summed E-state index contributed by atoms with van der Waals surface area (Å²) in [6.07, 6.45) is 2.78. The topological polar surface area (TPSA) is 111 Å². The minimum atomic E-state index is -0.730. The average molecular weight is 760 g/mol. The zero-order valence-electron chi connectivity index (χ0n) is 35.4. The molecule has 0 aromatic heterocycles. The van der Waals surface area contributed by atoms with Crippen LogP contribution in [0.25, 0.3) is 0 Å². The zero-order chi connectivity index (χ0) is 40.2. The Morgan fingerprint density at radius 1 is 0.962 bits per heavy atom. The molecule has 0 radical (unpaired) electrons. The average Bonchev–Trinajstić information content (AvgIpc) is 3.58. The zero-order valence-corrected chi connectivity index (χ0v) is 36.2. The molecule has 0 aliphatic carbocycles. The van der Waals surface area contributed by atoms with Crippen LogP contribution in [0.4, 0.5) is 0 Å². The van der Waals surface area contributed by atoms with E-state index < -0.39 is 18.2 Å². The van der Waals surface area contributed by atoms with Crippen LogP contribution in [0.3, 0.4) is 0 Å². The van der Waals surface area contributed by atoms with E-state index in [1.807, 2.05) is 76.7 Å². The van der Waals surface area contributed by atoms with E-state index in [0.29, 0.717) is 13.1 Å². The molecular formula is C42H73N5O5S. The van der Waals surface area contributed by atoms with Gasteiger partial charge in [-0.3, -0.25) is 24.1 Å². The van der Waals surface area contributed by atoms with Gasteiger partial charge in [0.15, 0.2) is 0 Å². The van der Waals surface area contributed by atoms with Crippen LogP contribution in [0, 0.1) is 23.7 Å². The Hall–Kier alpha value is -2.63. The first-order valence-corrected chi connectivity index (χ1v) is 20.7. The lowest BCUT2D eigenvalue weighted by Gasteiger charge is -2.41. The number of rotatable bonds is 20. The summed E-state index contributed by atoms with van der Waals surface area (Å²) in [6.45, 7) is 21.7. The Morgan fingerprint density at radius 3 is 2.09 bits per heavy atom. The van der Waals surface area contributed by atoms with E-state index in [4.69, 9.17) is 4.74 Å². The van der Waals surface area contributed by atoms with E-state index in [0.717, 1.165) is 25.7 Å². The van der Waals surface area contributed by atoms with Crippen LogP contribution >= 0.6 is 11.8 Å². The van der Waals surface area contributed by atoms with Gasteiger partial charge in [-0.15, -0.1) is 11.8 Å². The van der Waals surface area contributed by atoms with E-state index in [1.54, 1.807) is 30.8 Å². The summed E-state index contributed by atoms with van der Waals surface area (Å²) in [4.78, 5) is 61.3. The van der Waals surface area contributed by atoms with Crippen LogP contribution in [0.15, 0.2) is 30.3 Å². The van der Waals surface area contributed by atoms with E-state index >= 15 is 0 Å². The number of carbonyl (C=O) groups excluding carboxylic acids is 4. The van der Waals surface area contributed by atoms with Crippen molar-refractivity contribution < 1.29 is 23.9 Å². The van der Waals surface area contributed by atoms with Gasteiger partial charge in [-0.1, -0.05) is 106 Å². The number of likely N-dealkylation sites (tertiary alicyclic amines) is 1. The maximum absolute atomic E-state index is 14.4. The third-order valence-corrected chi connectivity index (χ3v) is 12.4. The van der Waals surface area contributed by atoms with Crippen molar-refractivity contribution in [1.82, 2.24) is 25.3 Å². The highest BCUT2D eigenvalue weighted by molar-refractivity contribution is 8.01. The van der Waals surface area contributed by atoms with Gasteiger partial charge in [0, 0.05) is 49.2 Å². The smallest absolute Gasteiger partial charge is 0.245 e. The van der Waals surface area contributed by atoms with Gasteiger partial charge in [0.25, 0.3) is 0 Å². The fourth-order valence-corrected chi connectivity index (χ4v) is 9.36. The number of nitrogens with zero attached hydrogens (tertiary/aromatic N) is 3. The van der Waals surface area contributed by atoms with Gasteiger partial charge in [-0.05, 0) is 56.7 Å². The van der Waals surface area contributed by atoms with Crippen molar-refractivity contribution in [2.24, 2.45) is 23.7 Å². The fraction of sp³-hybridized carbons (Fsp3) is 0.762. The molecule has 8 atom stereocenters. The molecule has 8 unspecified atom stereocenters. The molecule has 1 aliphatic heterocycles. The van der Waals surface area contributed by atoms with Crippen LogP contribution in [-0.2, 0) is 30.3 Å². The first kappa shape index (κ1) is 46.5. The normalized spacial score (nSPS) is 19.0. The Bertz CT molecular complexity index is 1290. The van der Waals surface area contributed by atoms with Crippen molar-refractivity contribution in [2.45, 2.75) is 142 Å². The van der Waals surface area contributed by atoms with E-state index in [1.165, 1.54) is 5.56 Å². The van der Waals surface area contributed by atoms with E-state index in [9.17, 15) is 19.2 Å². The summed E-state index contributed by atoms with van der Waals surface area (Å²) in [5.74, 6) is -0.759. The lowest BCUT2D eigenvalue weighted by Crippen LogP contribution is -2.59. The molecule has 1 aromatic rings. The minimum absolute atomic E-state index is 0.00538. The number of benzene rings is 1. The second kappa shape index (κ2) is 21.5. The first-order chi connectivity index (χ1) is 24.7. The molecule has 10 nitrogen and oxygen atoms in total. The highest BCUT2D eigenvalue weighted by Crippen LogP contribution is 2.40. The van der Waals surface area contributed by atoms with Gasteiger partial charge >= 0.3 is 0 Å². The molecule has 11 heteroatoms. The molecule has 1 aliphatic rings. The summed E-state index contributed by atoms with van der Waals surface area (Å²) in [5, 5.41) is 6.14. The second-order valence-electron chi connectivity index (χ2n) is 17.0. The standard InChI is InChI=1S/C42H73N5O5S/c1-15-29(6)37(46(13)41(51)35(27(2)3)44-40(50)36(28(4)5)45(11)12)33(52-14)26-34(48)47-25-19-22-32(47)38(53-42(8,9)10)30(7)39(49)43-24-23-31-20-17-16-18-21-31/h16-18,20-21,27-30,32-33,35-38H,15,19,22-26H2,1-14H3,(H,43,49)(H,44,50). The Morgan fingerprint density at radius 2 is 1.58 bits per heavy atom. The molecule has 53 heavy (non-hydrogen) atoms. The number of nitrogens with one attached hydrogen (secondary N) is 2. The van der Waals surface area contributed by atoms with Gasteiger partial charge in [0.2, 0.25) is 23.6 Å². The summed E-state index contributed by atoms with van der Waals surface area (Å²) in [6, 6.07) is 8.53. The highest BCUT2D eigenvalue weighted by atomic mass is 32.2. The van der Waals surface area contributed by atoms with E-state index in [2.05, 4.69) is 57.4 Å². The highest BCUT2D eigenvalue weighted by Gasteiger charge is 2.44. The molecule has 1 saturated heterocycles. The summed E-state index contributed by atoms with van der Waals surface area (Å²) < 4.78 is 5.98. The van der Waals surface area contributed by atoms with Crippen molar-refractivity contribution in [2.75, 3.05) is 41.3 Å². The van der Waals surface area contributed by atoms with Crippen LogP contribution in [0.2, 0.25) is 0 Å². The lowest BCUT2D eigenvalue weighted by atomic mass is 9.89. The molecular weight excluding hydrogens is 687 g/mol. The quantitative estimate of drug-likeness (QED) is 0.171. The van der Waals surface area contributed by atoms with Crippen molar-refractivity contribution in [3.05, 3.63) is 35.9 Å². The number of hydrogen-bond donors (Lipinski definition) is 2. The third-order valence-electron chi connectivity index (χ3n) is 10.7. The Kier molecular flexibility index (Phi) is 18.8. The van der Waals surface area contributed by atoms with Crippen LogP contribution in [0.1, 0.15) is 100 Å². The van der Waals surface area contributed by atoms with Crippen molar-refractivity contribution in [1.29, 1.82) is 0 Å². The molecule has 0 bridgehead atoms. The number of carbonyl (C=O) groups is 4. The molecule has 0 spiro atoms. The SMILES string of the molecule is CCC(C)C(C(CC(=O)N1CCCC1C(SC(C)(C)C)C(C)C(=O)NCCc1ccccc1)OC)N(C)C(=O)C(NC(=O)C(C(C)C)N(C)C)C(C)C. The number of likely N-dealkylation sites (N-methyl/N-ethyl adjacent to an activating group) is 2. The van der Waals surface area contributed by atoms with Crippen molar-refractivity contribution in [3.8, 4) is 0 Å². The van der Waals surface area contributed by atoms with Gasteiger partial charge in [0.1, 0.15) is 6.04 Å². The van der Waals surface area contributed by atoms with Gasteiger partial charge in [-0.2, -0.15) is 0 Å². The van der Waals surface area contributed by atoms with Gasteiger partial charge in [0.05, 0.1) is 24.6 Å². The van der Waals surface area contributed by atoms with Gasteiger partial charge < -0.3 is 25.2 Å². The molecule has 1 aromatic carbocycles. The van der Waals surface area contributed by atoms with Crippen LogP contribution in [-0.4, -0.2) is 120 Å². The fourth-order valence-electron chi connectivity index (χ4n) is 7.77. The van der Waals surface area contributed by atoms with Crippen LogP contribution in [0.5, 0.6) is 0 Å². The Labute approximate surface area is 326 Å². The number of ether oxygens (including phenoxy) is 1. The first-order valence-electron chi connectivity index (χ1n) is 19.8. The third kappa shape index (κ3) is 13.6. The summed E-state index contributed by atoms with van der Waals surface area (Å²) >= 11 is 1.77. The molecule has 0 saturated carbocycles. The molecule has 1 heterocycles. The van der Waals surface area contributed by atoms with Crippen molar-refractivity contribution in [3.63, 3.8) is 0 Å². The Balaban J connectivity index is 2.31. The van der Waals surface area contributed by atoms with Crippen LogP contribution < -0.4 is 10.6 Å². The monoisotopic (exact) mass is 760 g/mol. The minimum Gasteiger partial charge on any atom is -0.379 e. The number of methoxy groups -OCH3 is 1. The molecule has 2 N–H and O–H groups in total. The molecule has 2 rings (SSSR count). The van der Waals surface area contributed by atoms with Gasteiger partial charge in [-0.25, -0.2) is 0 Å². The molecule has 4 amide bonds. The molecule has 1 fully saturated rings. The van der Waals surface area contributed by atoms with Crippen molar-refractivity contribution >= 4 is 35.4 Å². The number of hydrogen-bond acceptors (Lipinski definition) is 7. The summed E-state index contributed by atoms with van der Waals surface area (Å²) in [7, 11) is 7.13.